The number of hydrogen-bond donors (Lipinski definition) is 2. The van der Waals surface area contributed by atoms with E-state index >= 15 is 0 Å². The molecule has 0 atom stereocenters. The highest BCUT2D eigenvalue weighted by atomic mass is 19.2. The minimum absolute atomic E-state index is 0.00508. The molecule has 6 nitrogen and oxygen atoms in total. The zero-order valence-corrected chi connectivity index (χ0v) is 13.5. The summed E-state index contributed by atoms with van der Waals surface area (Å²) in [7, 11) is 0. The van der Waals surface area contributed by atoms with Gasteiger partial charge in [-0.15, -0.1) is 10.2 Å². The smallest absolute Gasteiger partial charge is 0.259 e. The monoisotopic (exact) mass is 369 g/mol. The molecule has 3 rings (SSSR count). The number of halogens is 3. The van der Waals surface area contributed by atoms with Crippen LogP contribution in [0.5, 0.6) is 0 Å². The lowest BCUT2D eigenvalue weighted by molar-refractivity contribution is 0.102. The molecule has 9 heteroatoms. The molecule has 0 aliphatic carbocycles. The molecule has 0 bridgehead atoms. The fraction of sp³-hybridized carbons (Fsp3) is 0. The number of nitrogens with zero attached hydrogens (tertiary/aromatic N) is 3. The van der Waals surface area contributed by atoms with Crippen LogP contribution >= 0.6 is 0 Å². The Morgan fingerprint density at radius 1 is 0.889 bits per heavy atom. The van der Waals surface area contributed by atoms with Crippen molar-refractivity contribution in [2.45, 2.75) is 0 Å². The minimum atomic E-state index is -1.73. The van der Waals surface area contributed by atoms with E-state index in [4.69, 9.17) is 5.26 Å². The molecule has 2 N–H and O–H groups in total. The van der Waals surface area contributed by atoms with Gasteiger partial charge in [0.1, 0.15) is 0 Å². The zero-order valence-electron chi connectivity index (χ0n) is 13.5. The van der Waals surface area contributed by atoms with Gasteiger partial charge in [-0.05, 0) is 48.5 Å². The molecule has 0 saturated carbocycles. The van der Waals surface area contributed by atoms with Gasteiger partial charge in [0.15, 0.2) is 29.1 Å². The van der Waals surface area contributed by atoms with E-state index in [1.54, 1.807) is 24.3 Å². The molecule has 1 heterocycles. The van der Waals surface area contributed by atoms with Crippen LogP contribution in [0.25, 0.3) is 0 Å². The molecule has 27 heavy (non-hydrogen) atoms. The lowest BCUT2D eigenvalue weighted by Crippen LogP contribution is -2.16. The van der Waals surface area contributed by atoms with E-state index < -0.39 is 28.9 Å². The van der Waals surface area contributed by atoms with Crippen molar-refractivity contribution in [2.24, 2.45) is 0 Å². The number of rotatable bonds is 4. The Hall–Kier alpha value is -3.93. The van der Waals surface area contributed by atoms with Crippen LogP contribution in [-0.2, 0) is 0 Å². The van der Waals surface area contributed by atoms with Gasteiger partial charge in [-0.25, -0.2) is 13.2 Å². The summed E-state index contributed by atoms with van der Waals surface area (Å²) in [5.41, 5.74) is 0.522. The van der Waals surface area contributed by atoms with Crippen molar-refractivity contribution in [2.75, 3.05) is 10.6 Å². The van der Waals surface area contributed by atoms with Crippen LogP contribution in [0.2, 0.25) is 0 Å². The Bertz CT molecular complexity index is 1030. The first-order valence-electron chi connectivity index (χ1n) is 7.53. The molecule has 0 aliphatic heterocycles. The predicted octanol–water partition coefficient (Wildman–Crippen LogP) is 3.76. The third-order valence-corrected chi connectivity index (χ3v) is 3.47. The number of aromatic nitrogens is 2. The summed E-state index contributed by atoms with van der Waals surface area (Å²) in [4.78, 5) is 12.0. The first-order chi connectivity index (χ1) is 13.0. The topological polar surface area (TPSA) is 90.7 Å². The van der Waals surface area contributed by atoms with Gasteiger partial charge in [0, 0.05) is 5.69 Å². The minimum Gasteiger partial charge on any atom is -0.339 e. The predicted molar refractivity (Wildman–Crippen MR) is 90.7 cm³/mol. The highest BCUT2D eigenvalue weighted by molar-refractivity contribution is 6.03. The Morgan fingerprint density at radius 2 is 1.56 bits per heavy atom. The number of hydrogen-bond acceptors (Lipinski definition) is 5. The van der Waals surface area contributed by atoms with Gasteiger partial charge in [0.25, 0.3) is 5.91 Å². The largest absolute Gasteiger partial charge is 0.339 e. The fourth-order valence-corrected chi connectivity index (χ4v) is 2.13. The van der Waals surface area contributed by atoms with Crippen molar-refractivity contribution < 1.29 is 18.0 Å². The molecule has 2 aromatic carbocycles. The van der Waals surface area contributed by atoms with E-state index in [0.717, 1.165) is 6.07 Å². The summed E-state index contributed by atoms with van der Waals surface area (Å²) in [6.07, 6.45) is 0. The molecule has 134 valence electrons. The quantitative estimate of drug-likeness (QED) is 0.684. The van der Waals surface area contributed by atoms with Crippen molar-refractivity contribution in [1.29, 1.82) is 5.26 Å². The summed E-state index contributed by atoms with van der Waals surface area (Å²) in [5, 5.41) is 21.6. The Morgan fingerprint density at radius 3 is 2.19 bits per heavy atom. The van der Waals surface area contributed by atoms with E-state index in [9.17, 15) is 18.0 Å². The van der Waals surface area contributed by atoms with Crippen LogP contribution in [0.4, 0.5) is 30.5 Å². The lowest BCUT2D eigenvalue weighted by atomic mass is 10.2. The normalized spacial score (nSPS) is 10.1. The highest BCUT2D eigenvalue weighted by Crippen LogP contribution is 2.18. The van der Waals surface area contributed by atoms with E-state index in [1.165, 1.54) is 12.1 Å². The van der Waals surface area contributed by atoms with E-state index in [0.29, 0.717) is 23.1 Å². The first-order valence-corrected chi connectivity index (χ1v) is 7.53. The number of anilines is 3. The average molecular weight is 369 g/mol. The third-order valence-electron chi connectivity index (χ3n) is 3.47. The van der Waals surface area contributed by atoms with Crippen LogP contribution in [0.1, 0.15) is 15.9 Å². The summed E-state index contributed by atoms with van der Waals surface area (Å²) in [6.45, 7) is 0. The maximum atomic E-state index is 13.6. The summed E-state index contributed by atoms with van der Waals surface area (Å²) in [5.74, 6) is -5.34. The van der Waals surface area contributed by atoms with E-state index in [-0.39, 0.29) is 5.82 Å². The van der Waals surface area contributed by atoms with Crippen LogP contribution < -0.4 is 10.6 Å². The van der Waals surface area contributed by atoms with Gasteiger partial charge >= 0.3 is 0 Å². The molecule has 0 unspecified atom stereocenters. The SMILES string of the molecule is N#Cc1ccc(Nc2ccc(NC(=O)c3ccc(F)c(F)c3F)nn2)cc1. The van der Waals surface area contributed by atoms with E-state index in [2.05, 4.69) is 20.8 Å². The molecule has 1 aromatic heterocycles. The summed E-state index contributed by atoms with van der Waals surface area (Å²) < 4.78 is 39.8. The highest BCUT2D eigenvalue weighted by Gasteiger charge is 2.19. The summed E-state index contributed by atoms with van der Waals surface area (Å²) in [6, 6.07) is 13.0. The molecular weight excluding hydrogens is 359 g/mol. The van der Waals surface area contributed by atoms with Gasteiger partial charge in [-0.1, -0.05) is 0 Å². The van der Waals surface area contributed by atoms with Gasteiger partial charge in [0.05, 0.1) is 17.2 Å². The lowest BCUT2D eigenvalue weighted by Gasteiger charge is -2.08. The second-order valence-electron chi connectivity index (χ2n) is 5.30. The third kappa shape index (κ3) is 4.01. The number of amides is 1. The molecule has 0 spiro atoms. The van der Waals surface area contributed by atoms with E-state index in [1.807, 2.05) is 6.07 Å². The fourth-order valence-electron chi connectivity index (χ4n) is 2.13. The standard InChI is InChI=1S/C18H10F3N5O/c19-13-6-5-12(16(20)17(13)21)18(27)24-15-8-7-14(25-26-15)23-11-3-1-10(9-22)2-4-11/h1-8H,(H,23,25)(H,24,26,27). The molecule has 0 aliphatic rings. The second kappa shape index (κ2) is 7.53. The number of carbonyl (C=O) groups excluding carboxylic acids is 1. The molecule has 3 aromatic rings. The average Bonchev–Trinajstić information content (AvgIpc) is 2.68. The maximum absolute atomic E-state index is 13.6. The van der Waals surface area contributed by atoms with Gasteiger partial charge in [-0.2, -0.15) is 5.26 Å². The molecule has 0 fully saturated rings. The number of carbonyl (C=O) groups is 1. The van der Waals surface area contributed by atoms with Crippen LogP contribution in [0.3, 0.4) is 0 Å². The maximum Gasteiger partial charge on any atom is 0.259 e. The molecule has 0 saturated heterocycles. The van der Waals surface area contributed by atoms with Gasteiger partial charge < -0.3 is 10.6 Å². The second-order valence-corrected chi connectivity index (χ2v) is 5.30. The molecule has 0 radical (unpaired) electrons. The van der Waals surface area contributed by atoms with Crippen molar-refractivity contribution in [3.8, 4) is 6.07 Å². The van der Waals surface area contributed by atoms with Crippen molar-refractivity contribution >= 4 is 23.2 Å². The van der Waals surface area contributed by atoms with Gasteiger partial charge in [-0.3, -0.25) is 4.79 Å². The summed E-state index contributed by atoms with van der Waals surface area (Å²) >= 11 is 0. The Labute approximate surface area is 151 Å². The molecular formula is C18H10F3N5O. The van der Waals surface area contributed by atoms with Crippen LogP contribution in [0, 0.1) is 28.8 Å². The zero-order chi connectivity index (χ0) is 19.4. The Kier molecular flexibility index (Phi) is 4.99. The van der Waals surface area contributed by atoms with Crippen LogP contribution in [-0.4, -0.2) is 16.1 Å². The van der Waals surface area contributed by atoms with Crippen molar-refractivity contribution in [3.05, 3.63) is 77.1 Å². The first kappa shape index (κ1) is 17.9. The number of nitriles is 1. The molecule has 1 amide bonds. The van der Waals surface area contributed by atoms with Crippen LogP contribution in [0.15, 0.2) is 48.5 Å². The van der Waals surface area contributed by atoms with Crippen molar-refractivity contribution in [3.63, 3.8) is 0 Å². The number of benzene rings is 2. The number of nitrogens with one attached hydrogen (secondary N) is 2. The van der Waals surface area contributed by atoms with Gasteiger partial charge in [0.2, 0.25) is 0 Å². The Balaban J connectivity index is 1.69. The van der Waals surface area contributed by atoms with Crippen molar-refractivity contribution in [1.82, 2.24) is 10.2 Å².